The Morgan fingerprint density at radius 2 is 2.38 bits per heavy atom. The summed E-state index contributed by atoms with van der Waals surface area (Å²) in [5, 5.41) is 16.5. The van der Waals surface area contributed by atoms with Crippen LogP contribution in [0.2, 0.25) is 0 Å². The highest BCUT2D eigenvalue weighted by atomic mass is 16.2. The van der Waals surface area contributed by atoms with E-state index in [0.29, 0.717) is 0 Å². The number of nitrogens with zero attached hydrogens (tertiary/aromatic N) is 1. The molecule has 0 aromatic heterocycles. The van der Waals surface area contributed by atoms with E-state index in [-0.39, 0.29) is 12.5 Å². The summed E-state index contributed by atoms with van der Waals surface area (Å²) in [4.78, 5) is 0. The SMILES string of the molecule is CC(C#N)CCCO. The fourth-order valence-corrected chi connectivity index (χ4v) is 0.462. The van der Waals surface area contributed by atoms with Crippen molar-refractivity contribution in [3.05, 3.63) is 0 Å². The third kappa shape index (κ3) is 3.63. The van der Waals surface area contributed by atoms with Crippen molar-refractivity contribution in [1.82, 2.24) is 0 Å². The number of hydrogen-bond acceptors (Lipinski definition) is 2. The number of nitriles is 1. The van der Waals surface area contributed by atoms with Gasteiger partial charge in [0.2, 0.25) is 0 Å². The van der Waals surface area contributed by atoms with Gasteiger partial charge in [0, 0.05) is 12.5 Å². The van der Waals surface area contributed by atoms with Crippen molar-refractivity contribution < 1.29 is 5.11 Å². The maximum Gasteiger partial charge on any atom is 0.0652 e. The van der Waals surface area contributed by atoms with Crippen LogP contribution in [0.5, 0.6) is 0 Å². The number of hydrogen-bond donors (Lipinski definition) is 1. The summed E-state index contributed by atoms with van der Waals surface area (Å²) in [7, 11) is 0. The molecule has 0 saturated heterocycles. The molecule has 0 fully saturated rings. The number of aliphatic hydroxyl groups is 1. The van der Waals surface area contributed by atoms with Crippen molar-refractivity contribution in [1.29, 1.82) is 5.26 Å². The van der Waals surface area contributed by atoms with Gasteiger partial charge in [0.1, 0.15) is 0 Å². The van der Waals surface area contributed by atoms with Crippen LogP contribution in [0.25, 0.3) is 0 Å². The Morgan fingerprint density at radius 3 is 2.75 bits per heavy atom. The standard InChI is InChI=1S/C6H11NO/c1-6(5-7)3-2-4-8/h6,8H,2-4H2,1H3. The Balaban J connectivity index is 3.02. The molecular weight excluding hydrogens is 102 g/mol. The molecule has 0 rings (SSSR count). The van der Waals surface area contributed by atoms with Crippen molar-refractivity contribution >= 4 is 0 Å². The highest BCUT2D eigenvalue weighted by Gasteiger charge is 1.95. The zero-order valence-electron chi connectivity index (χ0n) is 5.09. The summed E-state index contributed by atoms with van der Waals surface area (Å²) >= 11 is 0. The first-order valence-electron chi connectivity index (χ1n) is 2.81. The lowest BCUT2D eigenvalue weighted by Crippen LogP contribution is -1.91. The van der Waals surface area contributed by atoms with Crippen molar-refractivity contribution in [2.75, 3.05) is 6.61 Å². The van der Waals surface area contributed by atoms with Crippen LogP contribution < -0.4 is 0 Å². The van der Waals surface area contributed by atoms with Gasteiger partial charge in [0.05, 0.1) is 6.07 Å². The summed E-state index contributed by atoms with van der Waals surface area (Å²) in [5.41, 5.74) is 0. The van der Waals surface area contributed by atoms with Crippen LogP contribution in [0.3, 0.4) is 0 Å². The van der Waals surface area contributed by atoms with Gasteiger partial charge in [-0.15, -0.1) is 0 Å². The molecule has 0 bridgehead atoms. The Kier molecular flexibility index (Phi) is 4.29. The molecule has 0 spiro atoms. The van der Waals surface area contributed by atoms with E-state index in [1.165, 1.54) is 0 Å². The van der Waals surface area contributed by atoms with Crippen molar-refractivity contribution in [2.45, 2.75) is 19.8 Å². The average molecular weight is 113 g/mol. The van der Waals surface area contributed by atoms with Gasteiger partial charge in [0.15, 0.2) is 0 Å². The van der Waals surface area contributed by atoms with E-state index in [1.54, 1.807) is 0 Å². The summed E-state index contributed by atoms with van der Waals surface area (Å²) in [6, 6.07) is 2.09. The van der Waals surface area contributed by atoms with E-state index >= 15 is 0 Å². The van der Waals surface area contributed by atoms with E-state index in [4.69, 9.17) is 10.4 Å². The van der Waals surface area contributed by atoms with Gasteiger partial charge in [-0.05, 0) is 19.8 Å². The molecule has 0 saturated carbocycles. The first-order chi connectivity index (χ1) is 3.81. The van der Waals surface area contributed by atoms with Crippen molar-refractivity contribution in [3.8, 4) is 6.07 Å². The lowest BCUT2D eigenvalue weighted by atomic mass is 10.1. The van der Waals surface area contributed by atoms with Crippen LogP contribution in [0.15, 0.2) is 0 Å². The van der Waals surface area contributed by atoms with Gasteiger partial charge in [-0.1, -0.05) is 0 Å². The monoisotopic (exact) mass is 113 g/mol. The highest BCUT2D eigenvalue weighted by Crippen LogP contribution is 2.01. The fraction of sp³-hybridized carbons (Fsp3) is 0.833. The molecule has 0 heterocycles. The second-order valence-corrected chi connectivity index (χ2v) is 1.90. The van der Waals surface area contributed by atoms with Gasteiger partial charge in [-0.2, -0.15) is 5.26 Å². The molecule has 2 heteroatoms. The molecule has 8 heavy (non-hydrogen) atoms. The molecule has 0 radical (unpaired) electrons. The van der Waals surface area contributed by atoms with E-state index in [2.05, 4.69) is 6.07 Å². The van der Waals surface area contributed by atoms with E-state index in [1.807, 2.05) is 6.92 Å². The maximum absolute atomic E-state index is 8.30. The highest BCUT2D eigenvalue weighted by molar-refractivity contribution is 4.77. The largest absolute Gasteiger partial charge is 0.396 e. The normalized spacial score (nSPS) is 12.6. The number of aliphatic hydroxyl groups excluding tert-OH is 1. The molecule has 0 aliphatic heterocycles. The van der Waals surface area contributed by atoms with Crippen LogP contribution in [0, 0.1) is 17.2 Å². The summed E-state index contributed by atoms with van der Waals surface area (Å²) in [5.74, 6) is 0.0992. The second-order valence-electron chi connectivity index (χ2n) is 1.90. The molecule has 0 aliphatic carbocycles. The second kappa shape index (κ2) is 4.61. The molecule has 0 amide bonds. The van der Waals surface area contributed by atoms with Gasteiger partial charge in [0.25, 0.3) is 0 Å². The minimum absolute atomic E-state index is 0.0992. The van der Waals surface area contributed by atoms with Crippen LogP contribution in [0.4, 0.5) is 0 Å². The Hall–Kier alpha value is -0.550. The van der Waals surface area contributed by atoms with Gasteiger partial charge in [-0.25, -0.2) is 0 Å². The molecular formula is C6H11NO. The van der Waals surface area contributed by atoms with E-state index in [9.17, 15) is 0 Å². The van der Waals surface area contributed by atoms with Gasteiger partial charge >= 0.3 is 0 Å². The Labute approximate surface area is 49.8 Å². The predicted molar refractivity (Wildman–Crippen MR) is 31.1 cm³/mol. The molecule has 2 nitrogen and oxygen atoms in total. The molecule has 1 atom stereocenters. The third-order valence-electron chi connectivity index (χ3n) is 1.02. The molecule has 0 aromatic rings. The Morgan fingerprint density at radius 1 is 1.75 bits per heavy atom. The van der Waals surface area contributed by atoms with Crippen molar-refractivity contribution in [2.24, 2.45) is 5.92 Å². The van der Waals surface area contributed by atoms with Crippen LogP contribution in [0.1, 0.15) is 19.8 Å². The lowest BCUT2D eigenvalue weighted by molar-refractivity contribution is 0.279. The third-order valence-corrected chi connectivity index (χ3v) is 1.02. The fourth-order valence-electron chi connectivity index (χ4n) is 0.462. The minimum atomic E-state index is 0.0992. The lowest BCUT2D eigenvalue weighted by Gasteiger charge is -1.95. The zero-order chi connectivity index (χ0) is 6.41. The smallest absolute Gasteiger partial charge is 0.0652 e. The van der Waals surface area contributed by atoms with Gasteiger partial charge in [-0.3, -0.25) is 0 Å². The molecule has 0 aromatic carbocycles. The van der Waals surface area contributed by atoms with Gasteiger partial charge < -0.3 is 5.11 Å². The summed E-state index contributed by atoms with van der Waals surface area (Å²) in [6.45, 7) is 2.06. The predicted octanol–water partition coefficient (Wildman–Crippen LogP) is 0.919. The summed E-state index contributed by atoms with van der Waals surface area (Å²) in [6.07, 6.45) is 1.56. The molecule has 1 N–H and O–H groups in total. The van der Waals surface area contributed by atoms with Crippen LogP contribution in [-0.4, -0.2) is 11.7 Å². The maximum atomic E-state index is 8.30. The topological polar surface area (TPSA) is 44.0 Å². The average Bonchev–Trinajstić information content (AvgIpc) is 1.83. The first kappa shape index (κ1) is 7.45. The Bertz CT molecular complexity index is 85.0. The zero-order valence-corrected chi connectivity index (χ0v) is 5.09. The first-order valence-corrected chi connectivity index (χ1v) is 2.81. The summed E-state index contributed by atoms with van der Waals surface area (Å²) < 4.78 is 0. The van der Waals surface area contributed by atoms with E-state index < -0.39 is 0 Å². The minimum Gasteiger partial charge on any atom is -0.396 e. The van der Waals surface area contributed by atoms with Crippen molar-refractivity contribution in [3.63, 3.8) is 0 Å². The quantitative estimate of drug-likeness (QED) is 0.591. The molecule has 0 aliphatic rings. The van der Waals surface area contributed by atoms with E-state index in [0.717, 1.165) is 12.8 Å². The van der Waals surface area contributed by atoms with Crippen LogP contribution >= 0.6 is 0 Å². The number of rotatable bonds is 3. The molecule has 1 unspecified atom stereocenters. The van der Waals surface area contributed by atoms with Crippen LogP contribution in [-0.2, 0) is 0 Å². The molecule has 46 valence electrons.